The number of fused-ring (bicyclic) bond motifs is 1. The third-order valence-electron chi connectivity index (χ3n) is 4.40. The van der Waals surface area contributed by atoms with Gasteiger partial charge in [-0.25, -0.2) is 0 Å². The maximum atomic E-state index is 11.8. The molecule has 0 aromatic heterocycles. The van der Waals surface area contributed by atoms with Crippen LogP contribution < -0.4 is 0 Å². The van der Waals surface area contributed by atoms with E-state index in [4.69, 9.17) is 4.18 Å². The van der Waals surface area contributed by atoms with Crippen molar-refractivity contribution in [2.45, 2.75) is 43.3 Å². The first-order chi connectivity index (χ1) is 6.21. The van der Waals surface area contributed by atoms with E-state index in [1.54, 1.807) is 0 Å². The summed E-state index contributed by atoms with van der Waals surface area (Å²) in [6, 6.07) is 0. The lowest BCUT2D eigenvalue weighted by Gasteiger charge is -2.49. The fourth-order valence-electron chi connectivity index (χ4n) is 3.80. The highest BCUT2D eigenvalue weighted by atomic mass is 32.2. The molecule has 4 atom stereocenters. The van der Waals surface area contributed by atoms with Crippen LogP contribution in [0.1, 0.15) is 33.1 Å². The molecular formula is C9H14O3S2. The topological polar surface area (TPSA) is 43.4 Å². The third-order valence-corrected chi connectivity index (χ3v) is 7.26. The Bertz CT molecular complexity index is 414. The van der Waals surface area contributed by atoms with Gasteiger partial charge in [0, 0.05) is 5.41 Å². The van der Waals surface area contributed by atoms with Gasteiger partial charge >= 0.3 is 0 Å². The molecule has 0 spiro atoms. The Labute approximate surface area is 89.7 Å². The summed E-state index contributed by atoms with van der Waals surface area (Å²) in [5.41, 5.74) is -0.158. The highest BCUT2D eigenvalue weighted by Gasteiger charge is 2.75. The maximum absolute atomic E-state index is 11.8. The standard InChI is InChI=1S/C9H14O3S2/c1-7-4-8(2)3-6(7)14(10,11)12-9(8,13)5-7/h6,13H,3-5H2,1-2H3. The lowest BCUT2D eigenvalue weighted by molar-refractivity contribution is 0.0150. The molecule has 4 bridgehead atoms. The molecule has 0 aromatic carbocycles. The number of hydrogen-bond donors (Lipinski definition) is 1. The predicted octanol–water partition coefficient (Wildman–Crippen LogP) is 1.55. The normalized spacial score (nSPS) is 63.5. The summed E-state index contributed by atoms with van der Waals surface area (Å²) in [6.45, 7) is 4.15. The van der Waals surface area contributed by atoms with Crippen molar-refractivity contribution in [3.63, 3.8) is 0 Å². The van der Waals surface area contributed by atoms with E-state index in [2.05, 4.69) is 26.5 Å². The number of hydrogen-bond acceptors (Lipinski definition) is 4. The van der Waals surface area contributed by atoms with Crippen LogP contribution in [0.3, 0.4) is 0 Å². The second-order valence-corrected chi connectivity index (χ2v) is 8.07. The van der Waals surface area contributed by atoms with E-state index < -0.39 is 15.1 Å². The summed E-state index contributed by atoms with van der Waals surface area (Å²) in [7, 11) is -3.36. The molecule has 4 aliphatic rings. The van der Waals surface area contributed by atoms with Gasteiger partial charge in [0.15, 0.2) is 0 Å². The van der Waals surface area contributed by atoms with E-state index in [9.17, 15) is 8.42 Å². The second-order valence-electron chi connectivity index (χ2n) is 5.62. The zero-order valence-electron chi connectivity index (χ0n) is 8.28. The van der Waals surface area contributed by atoms with Gasteiger partial charge in [0.2, 0.25) is 0 Å². The van der Waals surface area contributed by atoms with Crippen LogP contribution in [0.15, 0.2) is 0 Å². The van der Waals surface area contributed by atoms with Crippen LogP contribution in [0.25, 0.3) is 0 Å². The third kappa shape index (κ3) is 0.793. The van der Waals surface area contributed by atoms with Gasteiger partial charge in [-0.15, -0.1) is 12.6 Å². The lowest BCUT2D eigenvalue weighted by Crippen LogP contribution is -2.55. The number of thiol groups is 1. The van der Waals surface area contributed by atoms with Gasteiger partial charge in [-0.1, -0.05) is 13.8 Å². The van der Waals surface area contributed by atoms with Crippen molar-refractivity contribution in [2.24, 2.45) is 10.8 Å². The Morgan fingerprint density at radius 1 is 1.36 bits per heavy atom. The van der Waals surface area contributed by atoms with E-state index in [0.29, 0.717) is 0 Å². The molecule has 2 heterocycles. The molecule has 0 radical (unpaired) electrons. The quantitative estimate of drug-likeness (QED) is 0.511. The van der Waals surface area contributed by atoms with Gasteiger partial charge in [-0.05, 0) is 24.7 Å². The maximum Gasteiger partial charge on any atom is 0.272 e. The van der Waals surface area contributed by atoms with Crippen LogP contribution in [-0.4, -0.2) is 18.6 Å². The molecule has 3 nitrogen and oxygen atoms in total. The summed E-state index contributed by atoms with van der Waals surface area (Å²) in [5.74, 6) is 0. The fraction of sp³-hybridized carbons (Fsp3) is 1.00. The lowest BCUT2D eigenvalue weighted by atomic mass is 9.80. The number of rotatable bonds is 0. The average molecular weight is 234 g/mol. The zero-order chi connectivity index (χ0) is 10.4. The van der Waals surface area contributed by atoms with Gasteiger partial charge in [-0.2, -0.15) is 8.42 Å². The van der Waals surface area contributed by atoms with Crippen molar-refractivity contribution >= 4 is 22.7 Å². The van der Waals surface area contributed by atoms with Gasteiger partial charge in [0.05, 0.1) is 5.25 Å². The fourth-order valence-corrected chi connectivity index (χ4v) is 6.84. The monoisotopic (exact) mass is 234 g/mol. The van der Waals surface area contributed by atoms with Crippen LogP contribution in [0.5, 0.6) is 0 Å². The SMILES string of the molecule is CC12CC3(C)CC1S(=O)(=O)OC3(S)C2. The van der Waals surface area contributed by atoms with Crippen LogP contribution >= 0.6 is 12.6 Å². The first-order valence-electron chi connectivity index (χ1n) is 4.88. The molecule has 4 fully saturated rings. The molecule has 5 heteroatoms. The van der Waals surface area contributed by atoms with Gasteiger partial charge in [0.1, 0.15) is 4.93 Å². The Morgan fingerprint density at radius 3 is 2.43 bits per heavy atom. The second kappa shape index (κ2) is 2.04. The summed E-state index contributed by atoms with van der Waals surface area (Å²) in [6.07, 6.45) is 2.41. The summed E-state index contributed by atoms with van der Waals surface area (Å²) in [5, 5.41) is -0.297. The Hall–Kier alpha value is 0.260. The molecule has 2 saturated heterocycles. The van der Waals surface area contributed by atoms with Gasteiger partial charge in [0.25, 0.3) is 10.1 Å². The minimum atomic E-state index is -3.36. The van der Waals surface area contributed by atoms with E-state index in [0.717, 1.165) is 19.3 Å². The van der Waals surface area contributed by atoms with Crippen LogP contribution in [0.2, 0.25) is 0 Å². The van der Waals surface area contributed by atoms with Crippen molar-refractivity contribution in [2.75, 3.05) is 0 Å². The van der Waals surface area contributed by atoms with Crippen LogP contribution in [0, 0.1) is 10.8 Å². The summed E-state index contributed by atoms with van der Waals surface area (Å²) < 4.78 is 28.7. The zero-order valence-corrected chi connectivity index (χ0v) is 9.99. The molecule has 0 aromatic rings. The molecule has 4 unspecified atom stereocenters. The van der Waals surface area contributed by atoms with Crippen molar-refractivity contribution in [3.05, 3.63) is 0 Å². The highest BCUT2D eigenvalue weighted by Crippen LogP contribution is 2.73. The predicted molar refractivity (Wildman–Crippen MR) is 55.6 cm³/mol. The molecule has 0 N–H and O–H groups in total. The highest BCUT2D eigenvalue weighted by molar-refractivity contribution is 7.89. The molecule has 14 heavy (non-hydrogen) atoms. The average Bonchev–Trinajstić information content (AvgIpc) is 2.27. The van der Waals surface area contributed by atoms with Gasteiger partial charge < -0.3 is 0 Å². The summed E-state index contributed by atoms with van der Waals surface area (Å²) >= 11 is 4.48. The van der Waals surface area contributed by atoms with Gasteiger partial charge in [-0.3, -0.25) is 4.18 Å². The molecule has 0 amide bonds. The van der Waals surface area contributed by atoms with Crippen molar-refractivity contribution in [3.8, 4) is 0 Å². The van der Waals surface area contributed by atoms with E-state index in [-0.39, 0.29) is 16.1 Å². The first kappa shape index (κ1) is 9.48. The van der Waals surface area contributed by atoms with E-state index >= 15 is 0 Å². The molecule has 80 valence electrons. The Morgan fingerprint density at radius 2 is 2.00 bits per heavy atom. The van der Waals surface area contributed by atoms with Crippen molar-refractivity contribution < 1.29 is 12.6 Å². The molecular weight excluding hydrogens is 220 g/mol. The first-order valence-corrected chi connectivity index (χ1v) is 6.80. The minimum absolute atomic E-state index is 0.0547. The smallest absolute Gasteiger partial charge is 0.252 e. The van der Waals surface area contributed by atoms with E-state index in [1.807, 2.05) is 0 Å². The Balaban J connectivity index is 2.25. The Kier molecular flexibility index (Phi) is 1.38. The van der Waals surface area contributed by atoms with Crippen LogP contribution in [-0.2, 0) is 14.3 Å². The largest absolute Gasteiger partial charge is 0.272 e. The van der Waals surface area contributed by atoms with Crippen LogP contribution in [0.4, 0.5) is 0 Å². The van der Waals surface area contributed by atoms with E-state index in [1.165, 1.54) is 0 Å². The molecule has 4 rings (SSSR count). The van der Waals surface area contributed by atoms with Crippen molar-refractivity contribution in [1.82, 2.24) is 0 Å². The minimum Gasteiger partial charge on any atom is -0.252 e. The van der Waals surface area contributed by atoms with Crippen molar-refractivity contribution in [1.29, 1.82) is 0 Å². The summed E-state index contributed by atoms with van der Waals surface area (Å²) in [4.78, 5) is -0.741. The molecule has 2 aliphatic heterocycles. The molecule has 2 aliphatic carbocycles. The molecule has 2 saturated carbocycles.